The zero-order valence-corrected chi connectivity index (χ0v) is 13.3. The SMILES string of the molecule is C[C@H](Sc1nncn1C)C(=O)Nc1ccc([N+](=O)[O-])cc1Cl. The molecule has 1 aromatic carbocycles. The minimum Gasteiger partial charge on any atom is -0.324 e. The predicted octanol–water partition coefficient (Wildman–Crippen LogP) is 2.50. The Labute approximate surface area is 135 Å². The highest BCUT2D eigenvalue weighted by Gasteiger charge is 2.19. The van der Waals surface area contributed by atoms with Crippen molar-refractivity contribution in [2.45, 2.75) is 17.3 Å². The summed E-state index contributed by atoms with van der Waals surface area (Å²) in [5.74, 6) is -0.288. The van der Waals surface area contributed by atoms with Gasteiger partial charge in [0.1, 0.15) is 6.33 Å². The van der Waals surface area contributed by atoms with Crippen LogP contribution in [-0.4, -0.2) is 30.8 Å². The van der Waals surface area contributed by atoms with Gasteiger partial charge in [0.25, 0.3) is 5.69 Å². The molecule has 0 fully saturated rings. The number of rotatable bonds is 5. The summed E-state index contributed by atoms with van der Waals surface area (Å²) in [5, 5.41) is 21.2. The third-order valence-electron chi connectivity index (χ3n) is 2.74. The van der Waals surface area contributed by atoms with E-state index in [2.05, 4.69) is 15.5 Å². The summed E-state index contributed by atoms with van der Waals surface area (Å²) in [4.78, 5) is 22.2. The van der Waals surface area contributed by atoms with Crippen LogP contribution in [0.15, 0.2) is 29.7 Å². The van der Waals surface area contributed by atoms with Crippen LogP contribution in [0.25, 0.3) is 0 Å². The molecule has 8 nitrogen and oxygen atoms in total. The zero-order valence-electron chi connectivity index (χ0n) is 11.7. The topological polar surface area (TPSA) is 103 Å². The summed E-state index contributed by atoms with van der Waals surface area (Å²) in [7, 11) is 1.78. The Morgan fingerprint density at radius 3 is 2.82 bits per heavy atom. The second kappa shape index (κ2) is 6.75. The van der Waals surface area contributed by atoms with Gasteiger partial charge >= 0.3 is 0 Å². The summed E-state index contributed by atoms with van der Waals surface area (Å²) in [5.41, 5.74) is 0.187. The molecule has 0 bridgehead atoms. The lowest BCUT2D eigenvalue weighted by Crippen LogP contribution is -2.23. The average molecular weight is 342 g/mol. The number of halogens is 1. The van der Waals surface area contributed by atoms with Crippen LogP contribution in [0.2, 0.25) is 5.02 Å². The largest absolute Gasteiger partial charge is 0.324 e. The number of benzene rings is 1. The molecule has 0 radical (unpaired) electrons. The van der Waals surface area contributed by atoms with E-state index in [-0.39, 0.29) is 16.6 Å². The maximum Gasteiger partial charge on any atom is 0.271 e. The predicted molar refractivity (Wildman–Crippen MR) is 83.1 cm³/mol. The van der Waals surface area contributed by atoms with Gasteiger partial charge in [-0.05, 0) is 13.0 Å². The summed E-state index contributed by atoms with van der Waals surface area (Å²) >= 11 is 7.18. The van der Waals surface area contributed by atoms with E-state index in [9.17, 15) is 14.9 Å². The minimum atomic E-state index is -0.552. The molecule has 0 unspecified atom stereocenters. The van der Waals surface area contributed by atoms with Crippen LogP contribution < -0.4 is 5.32 Å². The number of thioether (sulfide) groups is 1. The van der Waals surface area contributed by atoms with E-state index in [0.29, 0.717) is 10.8 Å². The lowest BCUT2D eigenvalue weighted by molar-refractivity contribution is -0.384. The number of carbonyl (C=O) groups excluding carboxylic acids is 1. The van der Waals surface area contributed by atoms with Gasteiger partial charge in [-0.15, -0.1) is 10.2 Å². The van der Waals surface area contributed by atoms with Crippen LogP contribution in [0, 0.1) is 10.1 Å². The van der Waals surface area contributed by atoms with Crippen LogP contribution in [-0.2, 0) is 11.8 Å². The van der Waals surface area contributed by atoms with Gasteiger partial charge in [-0.3, -0.25) is 14.9 Å². The van der Waals surface area contributed by atoms with E-state index in [1.54, 1.807) is 24.9 Å². The monoisotopic (exact) mass is 341 g/mol. The molecule has 116 valence electrons. The van der Waals surface area contributed by atoms with Crippen molar-refractivity contribution in [3.05, 3.63) is 39.7 Å². The molecule has 0 aliphatic heterocycles. The zero-order chi connectivity index (χ0) is 16.3. The van der Waals surface area contributed by atoms with E-state index < -0.39 is 10.2 Å². The summed E-state index contributed by atoms with van der Waals surface area (Å²) in [6.07, 6.45) is 1.54. The number of aryl methyl sites for hydroxylation is 1. The first-order chi connectivity index (χ1) is 10.4. The highest BCUT2D eigenvalue weighted by atomic mass is 35.5. The van der Waals surface area contributed by atoms with Crippen molar-refractivity contribution >= 4 is 40.6 Å². The number of amides is 1. The van der Waals surface area contributed by atoms with Gasteiger partial charge in [-0.1, -0.05) is 23.4 Å². The van der Waals surface area contributed by atoms with E-state index in [0.717, 1.165) is 0 Å². The van der Waals surface area contributed by atoms with Crippen molar-refractivity contribution in [3.63, 3.8) is 0 Å². The normalized spacial score (nSPS) is 12.0. The van der Waals surface area contributed by atoms with Gasteiger partial charge in [-0.25, -0.2) is 0 Å². The van der Waals surface area contributed by atoms with Gasteiger partial charge in [0.15, 0.2) is 5.16 Å². The van der Waals surface area contributed by atoms with Crippen LogP contribution in [0.1, 0.15) is 6.92 Å². The molecule has 0 aliphatic carbocycles. The molecule has 1 atom stereocenters. The molecular formula is C12H12ClN5O3S. The number of carbonyl (C=O) groups is 1. The number of anilines is 1. The Hall–Kier alpha value is -2.13. The van der Waals surface area contributed by atoms with Crippen molar-refractivity contribution in [2.24, 2.45) is 7.05 Å². The number of nitro benzene ring substituents is 1. The fourth-order valence-electron chi connectivity index (χ4n) is 1.54. The average Bonchev–Trinajstić information content (AvgIpc) is 2.86. The standard InChI is InChI=1S/C12H12ClN5O3S/c1-7(22-12-16-14-6-17(12)2)11(19)15-10-4-3-8(18(20)21)5-9(10)13/h3-7H,1-2H3,(H,15,19)/t7-/m0/s1. The highest BCUT2D eigenvalue weighted by Crippen LogP contribution is 2.28. The van der Waals surface area contributed by atoms with Crippen LogP contribution in [0.5, 0.6) is 0 Å². The first-order valence-electron chi connectivity index (χ1n) is 6.14. The van der Waals surface area contributed by atoms with Gasteiger partial charge < -0.3 is 9.88 Å². The first-order valence-corrected chi connectivity index (χ1v) is 7.39. The van der Waals surface area contributed by atoms with E-state index in [1.807, 2.05) is 0 Å². The molecular weight excluding hydrogens is 330 g/mol. The molecule has 1 aromatic heterocycles. The molecule has 1 amide bonds. The van der Waals surface area contributed by atoms with Gasteiger partial charge in [0.2, 0.25) is 5.91 Å². The van der Waals surface area contributed by atoms with Crippen molar-refractivity contribution in [3.8, 4) is 0 Å². The second-order valence-electron chi connectivity index (χ2n) is 4.40. The Balaban J connectivity index is 2.05. The number of nitro groups is 1. The van der Waals surface area contributed by atoms with Crippen LogP contribution in [0.4, 0.5) is 11.4 Å². The molecule has 0 saturated heterocycles. The molecule has 1 N–H and O–H groups in total. The number of nitrogens with one attached hydrogen (secondary N) is 1. The molecule has 2 rings (SSSR count). The third kappa shape index (κ3) is 3.74. The van der Waals surface area contributed by atoms with Gasteiger partial charge in [-0.2, -0.15) is 0 Å². The van der Waals surface area contributed by atoms with Crippen molar-refractivity contribution in [2.75, 3.05) is 5.32 Å². The van der Waals surface area contributed by atoms with Crippen LogP contribution in [0.3, 0.4) is 0 Å². The van der Waals surface area contributed by atoms with E-state index in [4.69, 9.17) is 11.6 Å². The molecule has 22 heavy (non-hydrogen) atoms. The molecule has 2 aromatic rings. The maximum atomic E-state index is 12.1. The number of aromatic nitrogens is 3. The lowest BCUT2D eigenvalue weighted by atomic mass is 10.2. The fraction of sp³-hybridized carbons (Fsp3) is 0.250. The summed E-state index contributed by atoms with van der Waals surface area (Å²) < 4.78 is 1.70. The maximum absolute atomic E-state index is 12.1. The molecule has 0 saturated carbocycles. The fourth-order valence-corrected chi connectivity index (χ4v) is 2.56. The second-order valence-corrected chi connectivity index (χ2v) is 6.11. The van der Waals surface area contributed by atoms with Crippen molar-refractivity contribution in [1.29, 1.82) is 0 Å². The summed E-state index contributed by atoms with van der Waals surface area (Å²) in [6.45, 7) is 1.72. The molecule has 1 heterocycles. The quantitative estimate of drug-likeness (QED) is 0.509. The molecule has 0 aliphatic rings. The van der Waals surface area contributed by atoms with Crippen LogP contribution >= 0.6 is 23.4 Å². The Bertz CT molecular complexity index is 721. The van der Waals surface area contributed by atoms with Gasteiger partial charge in [0, 0.05) is 19.2 Å². The Morgan fingerprint density at radius 2 is 2.27 bits per heavy atom. The first kappa shape index (κ1) is 16.2. The number of hydrogen-bond donors (Lipinski definition) is 1. The molecule has 10 heteroatoms. The van der Waals surface area contributed by atoms with Gasteiger partial charge in [0.05, 0.1) is 20.9 Å². The minimum absolute atomic E-state index is 0.110. The number of non-ortho nitro benzene ring substituents is 1. The number of hydrogen-bond acceptors (Lipinski definition) is 6. The summed E-state index contributed by atoms with van der Waals surface area (Å²) in [6, 6.07) is 3.87. The molecule has 0 spiro atoms. The lowest BCUT2D eigenvalue weighted by Gasteiger charge is -2.12. The highest BCUT2D eigenvalue weighted by molar-refractivity contribution is 8.00. The van der Waals surface area contributed by atoms with Crippen molar-refractivity contribution in [1.82, 2.24) is 14.8 Å². The van der Waals surface area contributed by atoms with Crippen molar-refractivity contribution < 1.29 is 9.72 Å². The van der Waals surface area contributed by atoms with E-state index >= 15 is 0 Å². The third-order valence-corrected chi connectivity index (χ3v) is 4.20. The Kier molecular flexibility index (Phi) is 4.99. The Morgan fingerprint density at radius 1 is 1.55 bits per heavy atom. The number of nitrogens with zero attached hydrogens (tertiary/aromatic N) is 4. The van der Waals surface area contributed by atoms with E-state index in [1.165, 1.54) is 30.0 Å². The smallest absolute Gasteiger partial charge is 0.271 e.